The van der Waals surface area contributed by atoms with E-state index < -0.39 is 0 Å². The average molecular weight is 560 g/mol. The van der Waals surface area contributed by atoms with E-state index in [1.54, 1.807) is 0 Å². The third-order valence-electron chi connectivity index (χ3n) is 6.88. The summed E-state index contributed by atoms with van der Waals surface area (Å²) in [4.78, 5) is 9.99. The quantitative estimate of drug-likeness (QED) is 0.0613. The molecule has 11 nitrogen and oxygen atoms in total. The number of nitrogens with zero attached hydrogens (tertiary/aromatic N) is 4. The predicted octanol–water partition coefficient (Wildman–Crippen LogP) is -1.61. The van der Waals surface area contributed by atoms with Crippen molar-refractivity contribution in [2.45, 2.75) is 52.6 Å². The van der Waals surface area contributed by atoms with Gasteiger partial charge >= 0.3 is 0 Å². The standard InChI is InChI=1S/C28H69N11/c1-27(2,3)35-15-21-38(25-23-36(16-8-30)17-9-31)26-24-37(19-12-33-11-7-29)20-13-34-14-22-39(18-10-32)28(4,5)6/h33-35H,7-26,29-32H2,1-6H3. The largest absolute Gasteiger partial charge is 0.329 e. The van der Waals surface area contributed by atoms with Crippen molar-refractivity contribution >= 4 is 0 Å². The molecule has 39 heavy (non-hydrogen) atoms. The summed E-state index contributed by atoms with van der Waals surface area (Å²) in [7, 11) is 0. The van der Waals surface area contributed by atoms with Crippen molar-refractivity contribution in [3.05, 3.63) is 0 Å². The Bertz CT molecular complexity index is 531. The molecule has 0 atom stereocenters. The Morgan fingerprint density at radius 1 is 0.436 bits per heavy atom. The van der Waals surface area contributed by atoms with Crippen molar-refractivity contribution < 1.29 is 0 Å². The van der Waals surface area contributed by atoms with Crippen LogP contribution in [0.25, 0.3) is 0 Å². The normalized spacial score (nSPS) is 13.1. The van der Waals surface area contributed by atoms with Crippen LogP contribution in [0.1, 0.15) is 41.5 Å². The molecule has 0 radical (unpaired) electrons. The van der Waals surface area contributed by atoms with E-state index in [0.717, 1.165) is 105 Å². The third kappa shape index (κ3) is 22.9. The summed E-state index contributed by atoms with van der Waals surface area (Å²) in [6.45, 7) is 31.8. The molecule has 0 aromatic rings. The number of nitrogens with one attached hydrogen (secondary N) is 3. The maximum atomic E-state index is 5.84. The molecule has 0 rings (SSSR count). The zero-order valence-electron chi connectivity index (χ0n) is 26.7. The summed E-state index contributed by atoms with van der Waals surface area (Å²) in [6.07, 6.45) is 0. The van der Waals surface area contributed by atoms with Crippen molar-refractivity contribution in [2.24, 2.45) is 22.9 Å². The van der Waals surface area contributed by atoms with Gasteiger partial charge in [0.2, 0.25) is 0 Å². The van der Waals surface area contributed by atoms with E-state index in [0.29, 0.717) is 26.2 Å². The van der Waals surface area contributed by atoms with Gasteiger partial charge in [-0.2, -0.15) is 0 Å². The van der Waals surface area contributed by atoms with E-state index in [1.165, 1.54) is 0 Å². The molecule has 0 saturated carbocycles. The van der Waals surface area contributed by atoms with E-state index in [1.807, 2.05) is 0 Å². The Kier molecular flexibility index (Phi) is 22.9. The van der Waals surface area contributed by atoms with Crippen LogP contribution in [0, 0.1) is 0 Å². The van der Waals surface area contributed by atoms with Crippen LogP contribution in [0.15, 0.2) is 0 Å². The van der Waals surface area contributed by atoms with Gasteiger partial charge < -0.3 is 38.9 Å². The molecule has 0 aliphatic heterocycles. The molecule has 0 saturated heterocycles. The Hall–Kier alpha value is -0.440. The highest BCUT2D eigenvalue weighted by atomic mass is 15.2. The number of rotatable bonds is 26. The summed E-state index contributed by atoms with van der Waals surface area (Å²) in [5, 5.41) is 10.8. The predicted molar refractivity (Wildman–Crippen MR) is 170 cm³/mol. The fourth-order valence-corrected chi connectivity index (χ4v) is 4.50. The summed E-state index contributed by atoms with van der Waals surface area (Å²) in [6, 6.07) is 0. The molecule has 11 N–H and O–H groups in total. The van der Waals surface area contributed by atoms with Crippen molar-refractivity contribution in [1.82, 2.24) is 35.6 Å². The molecular formula is C28H69N11. The lowest BCUT2D eigenvalue weighted by atomic mass is 10.1. The lowest BCUT2D eigenvalue weighted by Gasteiger charge is -2.35. The molecule has 0 aromatic carbocycles. The topological polar surface area (TPSA) is 153 Å². The van der Waals surface area contributed by atoms with Gasteiger partial charge in [0, 0.05) is 142 Å². The minimum absolute atomic E-state index is 0.121. The molecule has 0 unspecified atom stereocenters. The van der Waals surface area contributed by atoms with Crippen LogP contribution >= 0.6 is 0 Å². The molecule has 0 aromatic heterocycles. The molecule has 0 bridgehead atoms. The number of hydrogen-bond donors (Lipinski definition) is 7. The van der Waals surface area contributed by atoms with Gasteiger partial charge in [-0.1, -0.05) is 0 Å². The first-order valence-electron chi connectivity index (χ1n) is 15.4. The van der Waals surface area contributed by atoms with Crippen molar-refractivity contribution in [2.75, 3.05) is 131 Å². The van der Waals surface area contributed by atoms with Crippen LogP contribution in [0.3, 0.4) is 0 Å². The molecule has 0 spiro atoms. The number of hydrogen-bond acceptors (Lipinski definition) is 11. The third-order valence-corrected chi connectivity index (χ3v) is 6.88. The van der Waals surface area contributed by atoms with Crippen LogP contribution in [-0.4, -0.2) is 162 Å². The Morgan fingerprint density at radius 3 is 1.28 bits per heavy atom. The minimum atomic E-state index is 0.121. The van der Waals surface area contributed by atoms with E-state index in [4.69, 9.17) is 22.9 Å². The van der Waals surface area contributed by atoms with Gasteiger partial charge in [-0.25, -0.2) is 0 Å². The number of nitrogens with two attached hydrogens (primary N) is 4. The molecule has 0 aliphatic carbocycles. The van der Waals surface area contributed by atoms with Crippen molar-refractivity contribution in [1.29, 1.82) is 0 Å². The first kappa shape index (κ1) is 38.6. The molecule has 0 heterocycles. The first-order chi connectivity index (χ1) is 18.5. The van der Waals surface area contributed by atoms with Gasteiger partial charge in [0.05, 0.1) is 0 Å². The van der Waals surface area contributed by atoms with Gasteiger partial charge in [-0.05, 0) is 41.5 Å². The fourth-order valence-electron chi connectivity index (χ4n) is 4.50. The van der Waals surface area contributed by atoms with E-state index in [-0.39, 0.29) is 11.1 Å². The zero-order chi connectivity index (χ0) is 29.6. The van der Waals surface area contributed by atoms with Gasteiger partial charge in [0.25, 0.3) is 0 Å². The summed E-state index contributed by atoms with van der Waals surface area (Å²) in [5.74, 6) is 0. The van der Waals surface area contributed by atoms with Crippen molar-refractivity contribution in [3.8, 4) is 0 Å². The van der Waals surface area contributed by atoms with E-state index >= 15 is 0 Å². The maximum absolute atomic E-state index is 5.84. The highest BCUT2D eigenvalue weighted by Gasteiger charge is 2.19. The fraction of sp³-hybridized carbons (Fsp3) is 1.00. The maximum Gasteiger partial charge on any atom is 0.0126 e. The molecule has 236 valence electrons. The minimum Gasteiger partial charge on any atom is -0.329 e. The monoisotopic (exact) mass is 560 g/mol. The summed E-state index contributed by atoms with van der Waals surface area (Å²) >= 11 is 0. The lowest BCUT2D eigenvalue weighted by Crippen LogP contribution is -2.48. The van der Waals surface area contributed by atoms with Gasteiger partial charge in [0.1, 0.15) is 0 Å². The van der Waals surface area contributed by atoms with Crippen LogP contribution in [0.5, 0.6) is 0 Å². The Balaban J connectivity index is 4.94. The van der Waals surface area contributed by atoms with Crippen LogP contribution in [0.2, 0.25) is 0 Å². The van der Waals surface area contributed by atoms with Gasteiger partial charge in [0.15, 0.2) is 0 Å². The second-order valence-corrected chi connectivity index (χ2v) is 12.5. The highest BCUT2D eigenvalue weighted by Crippen LogP contribution is 2.11. The molecule has 0 amide bonds. The smallest absolute Gasteiger partial charge is 0.0126 e. The Labute approximate surface area is 242 Å². The second kappa shape index (κ2) is 23.2. The van der Waals surface area contributed by atoms with Crippen LogP contribution in [-0.2, 0) is 0 Å². The SMILES string of the molecule is CC(C)(C)NCCN(CCN(CCN)CCN)CCN(CCNCCN)CCNCCN(CCN)C(C)(C)C. The first-order valence-corrected chi connectivity index (χ1v) is 15.4. The second-order valence-electron chi connectivity index (χ2n) is 12.5. The van der Waals surface area contributed by atoms with Crippen molar-refractivity contribution in [3.63, 3.8) is 0 Å². The highest BCUT2D eigenvalue weighted by molar-refractivity contribution is 4.77. The van der Waals surface area contributed by atoms with E-state index in [2.05, 4.69) is 77.1 Å². The van der Waals surface area contributed by atoms with Crippen LogP contribution in [0.4, 0.5) is 0 Å². The van der Waals surface area contributed by atoms with Crippen LogP contribution < -0.4 is 38.9 Å². The van der Waals surface area contributed by atoms with Gasteiger partial charge in [-0.3, -0.25) is 19.6 Å². The molecular weight excluding hydrogens is 490 g/mol. The lowest BCUT2D eigenvalue weighted by molar-refractivity contribution is 0.141. The molecule has 0 fully saturated rings. The molecule has 11 heteroatoms. The van der Waals surface area contributed by atoms with Gasteiger partial charge in [-0.15, -0.1) is 0 Å². The summed E-state index contributed by atoms with van der Waals surface area (Å²) in [5.41, 5.74) is 23.5. The van der Waals surface area contributed by atoms with E-state index in [9.17, 15) is 0 Å². The summed E-state index contributed by atoms with van der Waals surface area (Å²) < 4.78 is 0. The molecule has 0 aliphatic rings. The zero-order valence-corrected chi connectivity index (χ0v) is 26.7. The average Bonchev–Trinajstić information content (AvgIpc) is 2.85. The Morgan fingerprint density at radius 2 is 0.846 bits per heavy atom.